The molecular weight excluding hydrogens is 226 g/mol. The quantitative estimate of drug-likeness (QED) is 0.659. The van der Waals surface area contributed by atoms with Crippen molar-refractivity contribution in [2.45, 2.75) is 26.7 Å². The van der Waals surface area contributed by atoms with E-state index in [4.69, 9.17) is 10.5 Å². The molecule has 18 heavy (non-hydrogen) atoms. The first-order valence-corrected chi connectivity index (χ1v) is 7.48. The zero-order chi connectivity index (χ0) is 13.2. The Morgan fingerprint density at radius 2 is 1.83 bits per heavy atom. The maximum atomic E-state index is 5.70. The van der Waals surface area contributed by atoms with Crippen LogP contribution in [0.4, 0.5) is 0 Å². The Kier molecular flexibility index (Phi) is 8.59. The topological polar surface area (TPSA) is 41.7 Å². The molecule has 1 heterocycles. The lowest BCUT2D eigenvalue weighted by atomic mass is 10.1. The highest BCUT2D eigenvalue weighted by atomic mass is 16.5. The minimum absolute atomic E-state index is 0.615. The van der Waals surface area contributed by atoms with Gasteiger partial charge in [0.25, 0.3) is 0 Å². The van der Waals surface area contributed by atoms with Crippen LogP contribution in [0, 0.1) is 5.92 Å². The van der Waals surface area contributed by atoms with Gasteiger partial charge in [-0.1, -0.05) is 13.8 Å². The van der Waals surface area contributed by atoms with Crippen molar-refractivity contribution in [3.8, 4) is 0 Å². The van der Waals surface area contributed by atoms with E-state index >= 15 is 0 Å². The van der Waals surface area contributed by atoms with E-state index in [1.54, 1.807) is 0 Å². The van der Waals surface area contributed by atoms with Crippen LogP contribution in [0.3, 0.4) is 0 Å². The van der Waals surface area contributed by atoms with Crippen molar-refractivity contribution < 1.29 is 4.74 Å². The number of hydrogen-bond donors (Lipinski definition) is 1. The van der Waals surface area contributed by atoms with Gasteiger partial charge < -0.3 is 15.4 Å². The van der Waals surface area contributed by atoms with Gasteiger partial charge in [0.2, 0.25) is 0 Å². The second-order valence-corrected chi connectivity index (χ2v) is 5.45. The molecule has 108 valence electrons. The van der Waals surface area contributed by atoms with Crippen molar-refractivity contribution in [3.05, 3.63) is 0 Å². The SMILES string of the molecule is CCCOCCN1CCCN(CC(C)CN)CC1. The van der Waals surface area contributed by atoms with E-state index in [1.807, 2.05) is 0 Å². The number of nitrogens with zero attached hydrogens (tertiary/aromatic N) is 2. The molecule has 0 bridgehead atoms. The Morgan fingerprint density at radius 3 is 2.56 bits per heavy atom. The highest BCUT2D eigenvalue weighted by Gasteiger charge is 2.15. The van der Waals surface area contributed by atoms with Crippen LogP contribution in [0.5, 0.6) is 0 Å². The molecule has 0 radical (unpaired) electrons. The average molecular weight is 257 g/mol. The van der Waals surface area contributed by atoms with Crippen LogP contribution in [0.25, 0.3) is 0 Å². The van der Waals surface area contributed by atoms with Crippen molar-refractivity contribution >= 4 is 0 Å². The normalized spacial score (nSPS) is 20.8. The molecule has 1 aliphatic heterocycles. The fraction of sp³-hybridized carbons (Fsp3) is 1.00. The van der Waals surface area contributed by atoms with Crippen molar-refractivity contribution in [1.29, 1.82) is 0 Å². The summed E-state index contributed by atoms with van der Waals surface area (Å²) < 4.78 is 5.56. The summed E-state index contributed by atoms with van der Waals surface area (Å²) in [7, 11) is 0. The minimum atomic E-state index is 0.615. The molecule has 1 aliphatic rings. The molecule has 0 aliphatic carbocycles. The van der Waals surface area contributed by atoms with E-state index in [0.29, 0.717) is 5.92 Å². The molecule has 4 heteroatoms. The molecule has 1 unspecified atom stereocenters. The first-order chi connectivity index (χ1) is 8.76. The molecule has 1 atom stereocenters. The predicted molar refractivity (Wildman–Crippen MR) is 76.8 cm³/mol. The fourth-order valence-corrected chi connectivity index (χ4v) is 2.39. The average Bonchev–Trinajstić information content (AvgIpc) is 2.60. The fourth-order valence-electron chi connectivity index (χ4n) is 2.39. The summed E-state index contributed by atoms with van der Waals surface area (Å²) in [6, 6.07) is 0. The van der Waals surface area contributed by atoms with Gasteiger partial charge in [0, 0.05) is 32.8 Å². The van der Waals surface area contributed by atoms with Gasteiger partial charge >= 0.3 is 0 Å². The molecule has 0 aromatic carbocycles. The van der Waals surface area contributed by atoms with E-state index in [0.717, 1.165) is 39.3 Å². The van der Waals surface area contributed by atoms with Gasteiger partial charge in [0.1, 0.15) is 0 Å². The molecule has 1 fully saturated rings. The molecule has 4 nitrogen and oxygen atoms in total. The second-order valence-electron chi connectivity index (χ2n) is 5.45. The molecule has 1 rings (SSSR count). The highest BCUT2D eigenvalue weighted by molar-refractivity contribution is 4.71. The van der Waals surface area contributed by atoms with Crippen molar-refractivity contribution in [3.63, 3.8) is 0 Å². The zero-order valence-electron chi connectivity index (χ0n) is 12.2. The highest BCUT2D eigenvalue weighted by Crippen LogP contribution is 2.05. The Morgan fingerprint density at radius 1 is 1.11 bits per heavy atom. The molecule has 0 aromatic rings. The predicted octanol–water partition coefficient (Wildman–Crippen LogP) is 1.02. The molecule has 0 aromatic heterocycles. The number of ether oxygens (including phenoxy) is 1. The van der Waals surface area contributed by atoms with Gasteiger partial charge in [-0.25, -0.2) is 0 Å². The van der Waals surface area contributed by atoms with Crippen molar-refractivity contribution in [2.75, 3.05) is 59.0 Å². The van der Waals surface area contributed by atoms with Crippen LogP contribution in [0.2, 0.25) is 0 Å². The first-order valence-electron chi connectivity index (χ1n) is 7.48. The van der Waals surface area contributed by atoms with Crippen molar-refractivity contribution in [2.24, 2.45) is 11.7 Å². The third-order valence-corrected chi connectivity index (χ3v) is 3.55. The van der Waals surface area contributed by atoms with Crippen molar-refractivity contribution in [1.82, 2.24) is 9.80 Å². The van der Waals surface area contributed by atoms with Crippen LogP contribution >= 0.6 is 0 Å². The largest absolute Gasteiger partial charge is 0.380 e. The smallest absolute Gasteiger partial charge is 0.0593 e. The third kappa shape index (κ3) is 6.69. The summed E-state index contributed by atoms with van der Waals surface area (Å²) >= 11 is 0. The number of rotatable bonds is 8. The Labute approximate surface area is 112 Å². The molecule has 0 amide bonds. The van der Waals surface area contributed by atoms with Gasteiger partial charge in [0.15, 0.2) is 0 Å². The first kappa shape index (κ1) is 15.9. The van der Waals surface area contributed by atoms with E-state index in [9.17, 15) is 0 Å². The summed E-state index contributed by atoms with van der Waals surface area (Å²) in [5, 5.41) is 0. The van der Waals surface area contributed by atoms with E-state index in [1.165, 1.54) is 32.6 Å². The maximum Gasteiger partial charge on any atom is 0.0593 e. The lowest BCUT2D eigenvalue weighted by Gasteiger charge is -2.24. The van der Waals surface area contributed by atoms with E-state index < -0.39 is 0 Å². The van der Waals surface area contributed by atoms with Gasteiger partial charge in [-0.3, -0.25) is 4.90 Å². The molecule has 2 N–H and O–H groups in total. The summed E-state index contributed by atoms with van der Waals surface area (Å²) in [6.07, 6.45) is 2.38. The van der Waals surface area contributed by atoms with Gasteiger partial charge in [-0.15, -0.1) is 0 Å². The molecule has 0 saturated carbocycles. The zero-order valence-corrected chi connectivity index (χ0v) is 12.2. The standard InChI is InChI=1S/C14H31N3O/c1-3-10-18-11-9-16-5-4-6-17(8-7-16)13-14(2)12-15/h14H,3-13,15H2,1-2H3. The Hall–Kier alpha value is -0.160. The van der Waals surface area contributed by atoms with Gasteiger partial charge in [-0.2, -0.15) is 0 Å². The summed E-state index contributed by atoms with van der Waals surface area (Å²) in [5.74, 6) is 0.615. The molecule has 0 spiro atoms. The van der Waals surface area contributed by atoms with Gasteiger partial charge in [-0.05, 0) is 38.4 Å². The van der Waals surface area contributed by atoms with E-state index in [-0.39, 0.29) is 0 Å². The van der Waals surface area contributed by atoms with Crippen LogP contribution in [0.1, 0.15) is 26.7 Å². The Bertz CT molecular complexity index is 201. The molecule has 1 saturated heterocycles. The lowest BCUT2D eigenvalue weighted by molar-refractivity contribution is 0.105. The monoisotopic (exact) mass is 257 g/mol. The Balaban J connectivity index is 2.15. The number of hydrogen-bond acceptors (Lipinski definition) is 4. The van der Waals surface area contributed by atoms with Gasteiger partial charge in [0.05, 0.1) is 6.61 Å². The minimum Gasteiger partial charge on any atom is -0.380 e. The van der Waals surface area contributed by atoms with Crippen LogP contribution in [0.15, 0.2) is 0 Å². The molecular formula is C14H31N3O. The summed E-state index contributed by atoms with van der Waals surface area (Å²) in [6.45, 7) is 14.0. The van der Waals surface area contributed by atoms with Crippen LogP contribution in [-0.4, -0.2) is 68.8 Å². The van der Waals surface area contributed by atoms with Crippen LogP contribution < -0.4 is 5.73 Å². The summed E-state index contributed by atoms with van der Waals surface area (Å²) in [4.78, 5) is 5.09. The lowest BCUT2D eigenvalue weighted by Crippen LogP contribution is -2.36. The maximum absolute atomic E-state index is 5.70. The number of nitrogens with two attached hydrogens (primary N) is 1. The van der Waals surface area contributed by atoms with Crippen LogP contribution in [-0.2, 0) is 4.74 Å². The van der Waals surface area contributed by atoms with E-state index in [2.05, 4.69) is 23.6 Å². The second kappa shape index (κ2) is 9.73. The summed E-state index contributed by atoms with van der Waals surface area (Å²) in [5.41, 5.74) is 5.70. The third-order valence-electron chi connectivity index (χ3n) is 3.55.